The zero-order chi connectivity index (χ0) is 11.0. The topological polar surface area (TPSA) is 0 Å². The van der Waals surface area contributed by atoms with Crippen molar-refractivity contribution in [2.45, 2.75) is 18.3 Å². The van der Waals surface area contributed by atoms with E-state index in [1.54, 1.807) is 12.1 Å². The van der Waals surface area contributed by atoms with E-state index < -0.39 is 0 Å². The molecule has 0 saturated heterocycles. The molecule has 2 aromatic carbocycles. The van der Waals surface area contributed by atoms with Crippen LogP contribution in [-0.2, 0) is 0 Å². The van der Waals surface area contributed by atoms with Crippen molar-refractivity contribution < 1.29 is 4.39 Å². The molecule has 0 spiro atoms. The van der Waals surface area contributed by atoms with Crippen molar-refractivity contribution in [1.29, 1.82) is 0 Å². The Morgan fingerprint density at radius 1 is 0.750 bits per heavy atom. The van der Waals surface area contributed by atoms with E-state index >= 15 is 0 Å². The first kappa shape index (κ1) is 9.59. The minimum absolute atomic E-state index is 0.152. The van der Waals surface area contributed by atoms with Crippen molar-refractivity contribution >= 4 is 0 Å². The maximum atomic E-state index is 12.8. The van der Waals surface area contributed by atoms with Crippen LogP contribution in [0.2, 0.25) is 0 Å². The highest BCUT2D eigenvalue weighted by Gasteiger charge is 2.39. The Bertz CT molecular complexity index is 473. The normalized spacial score (nSPS) is 23.1. The number of hydrogen-bond acceptors (Lipinski definition) is 0. The average molecular weight is 212 g/mol. The van der Waals surface area contributed by atoms with E-state index in [1.165, 1.54) is 17.5 Å². The van der Waals surface area contributed by atoms with E-state index in [4.69, 9.17) is 0 Å². The van der Waals surface area contributed by atoms with E-state index in [0.717, 1.165) is 0 Å². The number of halogens is 1. The van der Waals surface area contributed by atoms with E-state index in [0.29, 0.717) is 11.8 Å². The summed E-state index contributed by atoms with van der Waals surface area (Å²) in [5.74, 6) is 1.07. The monoisotopic (exact) mass is 212 g/mol. The summed E-state index contributed by atoms with van der Waals surface area (Å²) in [6.45, 7) is 0. The molecule has 0 radical (unpaired) electrons. The summed E-state index contributed by atoms with van der Waals surface area (Å²) in [7, 11) is 0. The summed E-state index contributed by atoms with van der Waals surface area (Å²) in [5.41, 5.74) is 2.66. The van der Waals surface area contributed by atoms with Crippen molar-refractivity contribution in [3.8, 4) is 0 Å². The summed E-state index contributed by atoms with van der Waals surface area (Å²) in [6.07, 6.45) is 1.19. The standard InChI is InChI=1S/C15H13F/c16-13-8-6-12(7-9-13)15-10-14(15)11-4-2-1-3-5-11/h1-9,14-15H,10H2/t14-,15+/m1/s1. The van der Waals surface area contributed by atoms with Crippen LogP contribution < -0.4 is 0 Å². The molecule has 1 heteroatoms. The highest BCUT2D eigenvalue weighted by Crippen LogP contribution is 2.54. The van der Waals surface area contributed by atoms with E-state index in [-0.39, 0.29) is 5.82 Å². The predicted molar refractivity (Wildman–Crippen MR) is 62.9 cm³/mol. The minimum Gasteiger partial charge on any atom is -0.207 e. The lowest BCUT2D eigenvalue weighted by molar-refractivity contribution is 0.627. The Kier molecular flexibility index (Phi) is 2.24. The Labute approximate surface area is 94.7 Å². The molecule has 80 valence electrons. The summed E-state index contributed by atoms with van der Waals surface area (Å²) in [6, 6.07) is 17.5. The van der Waals surface area contributed by atoms with Crippen molar-refractivity contribution in [2.24, 2.45) is 0 Å². The summed E-state index contributed by atoms with van der Waals surface area (Å²) in [5, 5.41) is 0. The molecule has 0 N–H and O–H groups in total. The molecule has 1 aliphatic carbocycles. The van der Waals surface area contributed by atoms with Gasteiger partial charge in [0.25, 0.3) is 0 Å². The van der Waals surface area contributed by atoms with E-state index in [2.05, 4.69) is 24.3 Å². The van der Waals surface area contributed by atoms with Crippen LogP contribution in [0.15, 0.2) is 54.6 Å². The Morgan fingerprint density at radius 3 is 1.94 bits per heavy atom. The fourth-order valence-electron chi connectivity index (χ4n) is 2.34. The zero-order valence-electron chi connectivity index (χ0n) is 8.94. The highest BCUT2D eigenvalue weighted by molar-refractivity contribution is 5.36. The first-order valence-corrected chi connectivity index (χ1v) is 5.65. The third-order valence-corrected chi connectivity index (χ3v) is 3.32. The molecule has 1 saturated carbocycles. The van der Waals surface area contributed by atoms with Gasteiger partial charge in [-0.25, -0.2) is 4.39 Å². The molecule has 1 fully saturated rings. The van der Waals surface area contributed by atoms with Crippen molar-refractivity contribution in [3.05, 3.63) is 71.5 Å². The average Bonchev–Trinajstić information content (AvgIpc) is 3.11. The molecule has 1 aliphatic rings. The lowest BCUT2D eigenvalue weighted by Crippen LogP contribution is -1.84. The predicted octanol–water partition coefficient (Wildman–Crippen LogP) is 4.10. The lowest BCUT2D eigenvalue weighted by Gasteiger charge is -2.01. The maximum Gasteiger partial charge on any atom is 0.123 e. The molecule has 0 heterocycles. The Hall–Kier alpha value is -1.63. The van der Waals surface area contributed by atoms with Gasteiger partial charge in [-0.3, -0.25) is 0 Å². The van der Waals surface area contributed by atoms with Crippen LogP contribution in [0.3, 0.4) is 0 Å². The van der Waals surface area contributed by atoms with Gasteiger partial charge in [0.1, 0.15) is 5.82 Å². The summed E-state index contributed by atoms with van der Waals surface area (Å²) < 4.78 is 12.8. The largest absolute Gasteiger partial charge is 0.207 e. The third-order valence-electron chi connectivity index (χ3n) is 3.32. The first-order valence-electron chi connectivity index (χ1n) is 5.65. The zero-order valence-corrected chi connectivity index (χ0v) is 8.94. The van der Waals surface area contributed by atoms with Crippen LogP contribution in [0.5, 0.6) is 0 Å². The molecule has 2 atom stereocenters. The van der Waals surface area contributed by atoms with Gasteiger partial charge in [0.05, 0.1) is 0 Å². The Balaban J connectivity index is 1.79. The molecule has 0 aromatic heterocycles. The fraction of sp³-hybridized carbons (Fsp3) is 0.200. The van der Waals surface area contributed by atoms with Gasteiger partial charge in [0.2, 0.25) is 0 Å². The Morgan fingerprint density at radius 2 is 1.31 bits per heavy atom. The van der Waals surface area contributed by atoms with Gasteiger partial charge in [0, 0.05) is 0 Å². The number of benzene rings is 2. The van der Waals surface area contributed by atoms with E-state index in [9.17, 15) is 4.39 Å². The quantitative estimate of drug-likeness (QED) is 0.703. The number of rotatable bonds is 2. The molecular formula is C15H13F. The fourth-order valence-corrected chi connectivity index (χ4v) is 2.34. The van der Waals surface area contributed by atoms with Gasteiger partial charge in [-0.15, -0.1) is 0 Å². The summed E-state index contributed by atoms with van der Waals surface area (Å²) in [4.78, 5) is 0. The lowest BCUT2D eigenvalue weighted by atomic mass is 10.0. The number of hydrogen-bond donors (Lipinski definition) is 0. The second-order valence-electron chi connectivity index (χ2n) is 4.41. The summed E-state index contributed by atoms with van der Waals surface area (Å²) >= 11 is 0. The van der Waals surface area contributed by atoms with Crippen LogP contribution in [0, 0.1) is 5.82 Å². The molecule has 0 aliphatic heterocycles. The molecule has 0 amide bonds. The molecule has 0 unspecified atom stereocenters. The van der Waals surface area contributed by atoms with Gasteiger partial charge in [-0.1, -0.05) is 42.5 Å². The molecular weight excluding hydrogens is 199 g/mol. The van der Waals surface area contributed by atoms with Crippen LogP contribution in [0.25, 0.3) is 0 Å². The van der Waals surface area contributed by atoms with Crippen LogP contribution >= 0.6 is 0 Å². The molecule has 0 nitrogen and oxygen atoms in total. The van der Waals surface area contributed by atoms with Crippen LogP contribution in [0.1, 0.15) is 29.4 Å². The van der Waals surface area contributed by atoms with Crippen molar-refractivity contribution in [2.75, 3.05) is 0 Å². The molecule has 0 bridgehead atoms. The minimum atomic E-state index is -0.152. The third kappa shape index (κ3) is 1.73. The SMILES string of the molecule is Fc1ccc([C@@H]2C[C@@H]2c2ccccc2)cc1. The van der Waals surface area contributed by atoms with Gasteiger partial charge in [-0.2, -0.15) is 0 Å². The molecule has 16 heavy (non-hydrogen) atoms. The highest BCUT2D eigenvalue weighted by atomic mass is 19.1. The van der Waals surface area contributed by atoms with Gasteiger partial charge >= 0.3 is 0 Å². The maximum absolute atomic E-state index is 12.8. The van der Waals surface area contributed by atoms with Gasteiger partial charge in [-0.05, 0) is 41.5 Å². The van der Waals surface area contributed by atoms with Gasteiger partial charge < -0.3 is 0 Å². The smallest absolute Gasteiger partial charge is 0.123 e. The molecule has 2 aromatic rings. The molecule has 3 rings (SSSR count). The van der Waals surface area contributed by atoms with Crippen molar-refractivity contribution in [1.82, 2.24) is 0 Å². The first-order chi connectivity index (χ1) is 7.84. The second kappa shape index (κ2) is 3.75. The van der Waals surface area contributed by atoms with E-state index in [1.807, 2.05) is 18.2 Å². The van der Waals surface area contributed by atoms with Crippen LogP contribution in [-0.4, -0.2) is 0 Å². The second-order valence-corrected chi connectivity index (χ2v) is 4.41. The van der Waals surface area contributed by atoms with Crippen LogP contribution in [0.4, 0.5) is 4.39 Å². The van der Waals surface area contributed by atoms with Gasteiger partial charge in [0.15, 0.2) is 0 Å². The van der Waals surface area contributed by atoms with Crippen molar-refractivity contribution in [3.63, 3.8) is 0 Å².